The van der Waals surface area contributed by atoms with Crippen molar-refractivity contribution >= 4 is 0 Å². The van der Waals surface area contributed by atoms with Crippen molar-refractivity contribution in [2.24, 2.45) is 11.1 Å². The Kier molecular flexibility index (Phi) is 8.90. The highest BCUT2D eigenvalue weighted by atomic mass is 16.3. The molecule has 3 N–H and O–H groups in total. The monoisotopic (exact) mass is 230 g/mol. The Balaban J connectivity index is 3.74. The lowest BCUT2D eigenvalue weighted by molar-refractivity contribution is 0.184. The van der Waals surface area contributed by atoms with Gasteiger partial charge in [0, 0.05) is 6.54 Å². The summed E-state index contributed by atoms with van der Waals surface area (Å²) >= 11 is 0. The molecule has 0 aromatic rings. The van der Waals surface area contributed by atoms with E-state index >= 15 is 0 Å². The van der Waals surface area contributed by atoms with Gasteiger partial charge >= 0.3 is 0 Å². The van der Waals surface area contributed by atoms with Crippen LogP contribution in [0.2, 0.25) is 0 Å². The van der Waals surface area contributed by atoms with Gasteiger partial charge in [-0.15, -0.1) is 0 Å². The van der Waals surface area contributed by atoms with Crippen LogP contribution < -0.4 is 5.73 Å². The van der Waals surface area contributed by atoms with Crippen LogP contribution in [0.3, 0.4) is 0 Å². The van der Waals surface area contributed by atoms with Crippen molar-refractivity contribution in [3.63, 3.8) is 0 Å². The Morgan fingerprint density at radius 3 is 2.25 bits per heavy atom. The van der Waals surface area contributed by atoms with Crippen LogP contribution >= 0.6 is 0 Å². The first kappa shape index (κ1) is 15.9. The molecule has 3 nitrogen and oxygen atoms in total. The van der Waals surface area contributed by atoms with E-state index in [0.29, 0.717) is 0 Å². The molecule has 16 heavy (non-hydrogen) atoms. The summed E-state index contributed by atoms with van der Waals surface area (Å²) in [6.07, 6.45) is 4.78. The van der Waals surface area contributed by atoms with Crippen molar-refractivity contribution in [3.05, 3.63) is 0 Å². The minimum Gasteiger partial charge on any atom is -0.395 e. The molecule has 0 saturated heterocycles. The third kappa shape index (κ3) is 8.08. The van der Waals surface area contributed by atoms with Gasteiger partial charge in [0.25, 0.3) is 0 Å². The first-order valence-corrected chi connectivity index (χ1v) is 6.59. The van der Waals surface area contributed by atoms with E-state index in [0.717, 1.165) is 32.6 Å². The predicted octanol–water partition coefficient (Wildman–Crippen LogP) is 1.85. The molecule has 0 aromatic heterocycles. The zero-order valence-corrected chi connectivity index (χ0v) is 11.3. The minimum absolute atomic E-state index is 0.260. The molecular weight excluding hydrogens is 200 g/mol. The first-order valence-electron chi connectivity index (χ1n) is 6.59. The Morgan fingerprint density at radius 2 is 1.75 bits per heavy atom. The van der Waals surface area contributed by atoms with Gasteiger partial charge in [0.1, 0.15) is 0 Å². The van der Waals surface area contributed by atoms with E-state index in [4.69, 9.17) is 10.8 Å². The zero-order valence-electron chi connectivity index (χ0n) is 11.3. The van der Waals surface area contributed by atoms with E-state index in [-0.39, 0.29) is 12.0 Å². The molecule has 98 valence electrons. The van der Waals surface area contributed by atoms with Crippen molar-refractivity contribution in [1.82, 2.24) is 4.90 Å². The minimum atomic E-state index is 0.260. The van der Waals surface area contributed by atoms with E-state index in [9.17, 15) is 0 Å². The maximum atomic E-state index is 8.98. The van der Waals surface area contributed by atoms with Crippen molar-refractivity contribution in [1.29, 1.82) is 0 Å². The standard InChI is InChI=1S/C13H30N2O/c1-4-5-8-15(10-11-16)9-6-7-13(2,3)12-14/h16H,4-12,14H2,1-3H3. The van der Waals surface area contributed by atoms with Crippen molar-refractivity contribution < 1.29 is 5.11 Å². The fourth-order valence-electron chi connectivity index (χ4n) is 1.74. The van der Waals surface area contributed by atoms with Gasteiger partial charge in [-0.25, -0.2) is 0 Å². The zero-order chi connectivity index (χ0) is 12.4. The van der Waals surface area contributed by atoms with E-state index in [1.165, 1.54) is 19.3 Å². The number of aliphatic hydroxyl groups is 1. The maximum Gasteiger partial charge on any atom is 0.0558 e. The summed E-state index contributed by atoms with van der Waals surface area (Å²) < 4.78 is 0. The molecule has 0 unspecified atom stereocenters. The molecule has 0 aliphatic rings. The highest BCUT2D eigenvalue weighted by Gasteiger charge is 2.15. The summed E-state index contributed by atoms with van der Waals surface area (Å²) in [5.41, 5.74) is 5.97. The SMILES string of the molecule is CCCCN(CCO)CCCC(C)(C)CN. The second kappa shape index (κ2) is 8.97. The largest absolute Gasteiger partial charge is 0.395 e. The molecule has 0 bridgehead atoms. The van der Waals surface area contributed by atoms with Gasteiger partial charge in [0.15, 0.2) is 0 Å². The molecule has 0 spiro atoms. The second-order valence-electron chi connectivity index (χ2n) is 5.39. The topological polar surface area (TPSA) is 49.5 Å². The molecule has 0 aromatic carbocycles. The van der Waals surface area contributed by atoms with Crippen LogP contribution in [0, 0.1) is 5.41 Å². The Morgan fingerprint density at radius 1 is 1.12 bits per heavy atom. The molecule has 3 heteroatoms. The quantitative estimate of drug-likeness (QED) is 0.602. The second-order valence-corrected chi connectivity index (χ2v) is 5.39. The number of hydrogen-bond donors (Lipinski definition) is 2. The maximum absolute atomic E-state index is 8.98. The number of rotatable bonds is 10. The van der Waals surface area contributed by atoms with Crippen LogP contribution in [-0.4, -0.2) is 42.8 Å². The van der Waals surface area contributed by atoms with Crippen LogP contribution in [0.25, 0.3) is 0 Å². The van der Waals surface area contributed by atoms with Crippen molar-refractivity contribution in [3.8, 4) is 0 Å². The average molecular weight is 230 g/mol. The smallest absolute Gasteiger partial charge is 0.0558 e. The molecule has 0 radical (unpaired) electrons. The molecule has 0 aliphatic carbocycles. The number of hydrogen-bond acceptors (Lipinski definition) is 3. The Bertz CT molecular complexity index is 160. The van der Waals surface area contributed by atoms with Crippen LogP contribution in [0.15, 0.2) is 0 Å². The fraction of sp³-hybridized carbons (Fsp3) is 1.00. The molecule has 0 saturated carbocycles. The summed E-state index contributed by atoms with van der Waals surface area (Å²) in [6.45, 7) is 10.7. The highest BCUT2D eigenvalue weighted by molar-refractivity contribution is 4.70. The molecule has 0 rings (SSSR count). The first-order chi connectivity index (χ1) is 7.55. The van der Waals surface area contributed by atoms with E-state index < -0.39 is 0 Å². The molecule has 0 heterocycles. The molecule has 0 aliphatic heterocycles. The Labute approximate surface area is 101 Å². The fourth-order valence-corrected chi connectivity index (χ4v) is 1.74. The van der Waals surface area contributed by atoms with Crippen molar-refractivity contribution in [2.75, 3.05) is 32.8 Å². The Hall–Kier alpha value is -0.120. The summed E-state index contributed by atoms with van der Waals surface area (Å²) in [4.78, 5) is 2.36. The molecule has 0 atom stereocenters. The number of aliphatic hydroxyl groups excluding tert-OH is 1. The summed E-state index contributed by atoms with van der Waals surface area (Å²) in [7, 11) is 0. The van der Waals surface area contributed by atoms with Crippen LogP contribution in [0.4, 0.5) is 0 Å². The number of nitrogens with two attached hydrogens (primary N) is 1. The van der Waals surface area contributed by atoms with Crippen LogP contribution in [-0.2, 0) is 0 Å². The third-order valence-corrected chi connectivity index (χ3v) is 3.12. The van der Waals surface area contributed by atoms with E-state index in [1.54, 1.807) is 0 Å². The molecular formula is C13H30N2O. The summed E-state index contributed by atoms with van der Waals surface area (Å²) in [5, 5.41) is 8.98. The van der Waals surface area contributed by atoms with E-state index in [2.05, 4.69) is 25.7 Å². The summed E-state index contributed by atoms with van der Waals surface area (Å²) in [6, 6.07) is 0. The number of unbranched alkanes of at least 4 members (excludes halogenated alkanes) is 1. The third-order valence-electron chi connectivity index (χ3n) is 3.12. The van der Waals surface area contributed by atoms with Gasteiger partial charge in [-0.1, -0.05) is 27.2 Å². The summed E-state index contributed by atoms with van der Waals surface area (Å²) in [5.74, 6) is 0. The lowest BCUT2D eigenvalue weighted by atomic mass is 9.88. The van der Waals surface area contributed by atoms with Gasteiger partial charge < -0.3 is 15.7 Å². The predicted molar refractivity (Wildman–Crippen MR) is 70.5 cm³/mol. The van der Waals surface area contributed by atoms with Gasteiger partial charge in [-0.2, -0.15) is 0 Å². The van der Waals surface area contributed by atoms with Gasteiger partial charge in [0.05, 0.1) is 6.61 Å². The van der Waals surface area contributed by atoms with Gasteiger partial charge in [-0.05, 0) is 44.3 Å². The van der Waals surface area contributed by atoms with E-state index in [1.807, 2.05) is 0 Å². The molecule has 0 fully saturated rings. The van der Waals surface area contributed by atoms with Gasteiger partial charge in [0.2, 0.25) is 0 Å². The van der Waals surface area contributed by atoms with Gasteiger partial charge in [-0.3, -0.25) is 0 Å². The average Bonchev–Trinajstić information content (AvgIpc) is 2.25. The lowest BCUT2D eigenvalue weighted by Crippen LogP contribution is -2.31. The van der Waals surface area contributed by atoms with Crippen molar-refractivity contribution in [2.45, 2.75) is 46.5 Å². The number of nitrogens with zero attached hydrogens (tertiary/aromatic N) is 1. The van der Waals surface area contributed by atoms with Crippen LogP contribution in [0.1, 0.15) is 46.5 Å². The highest BCUT2D eigenvalue weighted by Crippen LogP contribution is 2.20. The lowest BCUT2D eigenvalue weighted by Gasteiger charge is -2.25. The normalized spacial score (nSPS) is 12.4. The van der Waals surface area contributed by atoms with Crippen LogP contribution in [0.5, 0.6) is 0 Å². The molecule has 0 amide bonds.